The predicted molar refractivity (Wildman–Crippen MR) is 140 cm³/mol. The monoisotopic (exact) mass is 485 g/mol. The molecule has 1 amide bonds. The third-order valence-electron chi connectivity index (χ3n) is 6.31. The van der Waals surface area contributed by atoms with Crippen molar-refractivity contribution in [1.29, 1.82) is 0 Å². The molecule has 0 radical (unpaired) electrons. The summed E-state index contributed by atoms with van der Waals surface area (Å²) >= 11 is 0. The summed E-state index contributed by atoms with van der Waals surface area (Å²) in [5.41, 5.74) is 2.63. The van der Waals surface area contributed by atoms with Gasteiger partial charge in [-0.15, -0.1) is 0 Å². The van der Waals surface area contributed by atoms with Crippen LogP contribution in [0.3, 0.4) is 0 Å². The molecule has 4 rings (SSSR count). The number of carbonyl (C=O) groups is 2. The van der Waals surface area contributed by atoms with Crippen molar-refractivity contribution in [2.24, 2.45) is 0 Å². The lowest BCUT2D eigenvalue weighted by molar-refractivity contribution is -0.132. The number of aryl methyl sites for hydroxylation is 1. The minimum Gasteiger partial charge on any atom is -0.507 e. The molecule has 6 heteroatoms. The molecule has 3 aromatic carbocycles. The number of phenolic OH excluding ortho intramolecular Hbond substituents is 1. The maximum atomic E-state index is 13.4. The van der Waals surface area contributed by atoms with Gasteiger partial charge in [0.25, 0.3) is 11.7 Å². The van der Waals surface area contributed by atoms with Crippen LogP contribution >= 0.6 is 0 Å². The summed E-state index contributed by atoms with van der Waals surface area (Å²) in [7, 11) is 0. The summed E-state index contributed by atoms with van der Waals surface area (Å²) in [6.45, 7) is 10.4. The van der Waals surface area contributed by atoms with Crippen LogP contribution in [0.25, 0.3) is 5.76 Å². The molecule has 0 aromatic heterocycles. The van der Waals surface area contributed by atoms with Gasteiger partial charge in [0.1, 0.15) is 17.3 Å². The molecular weight excluding hydrogens is 454 g/mol. The number of carbonyl (C=O) groups excluding carboxylic acids is 2. The summed E-state index contributed by atoms with van der Waals surface area (Å²) in [4.78, 5) is 28.1. The standard InChI is InChI=1S/C30H31NO5/c1-6-36-24-15-13-20(17-21(24)30(3,4)5)27(33)25-26(19-10-8-7-9-11-19)31(29(35)28(25)34)22-16-18(2)12-14-23(22)32/h7-17,26,32-33H,6H2,1-5H3/b27-25-. The average Bonchev–Trinajstić information content (AvgIpc) is 3.11. The molecule has 0 bridgehead atoms. The fraction of sp³-hybridized carbons (Fsp3) is 0.267. The summed E-state index contributed by atoms with van der Waals surface area (Å²) < 4.78 is 5.80. The number of rotatable bonds is 5. The number of aliphatic hydroxyl groups excluding tert-OH is 1. The number of benzene rings is 3. The second kappa shape index (κ2) is 9.53. The Hall–Kier alpha value is -4.06. The van der Waals surface area contributed by atoms with Crippen molar-refractivity contribution in [2.45, 2.75) is 46.1 Å². The molecular formula is C30H31NO5. The fourth-order valence-corrected chi connectivity index (χ4v) is 4.56. The van der Waals surface area contributed by atoms with Gasteiger partial charge in [-0.1, -0.05) is 57.2 Å². The molecule has 1 heterocycles. The second-order valence-corrected chi connectivity index (χ2v) is 9.97. The smallest absolute Gasteiger partial charge is 0.300 e. The Morgan fingerprint density at radius 1 is 1.00 bits per heavy atom. The van der Waals surface area contributed by atoms with Crippen LogP contribution in [0, 0.1) is 6.92 Å². The van der Waals surface area contributed by atoms with Crippen molar-refractivity contribution in [1.82, 2.24) is 0 Å². The molecule has 1 aliphatic heterocycles. The lowest BCUT2D eigenvalue weighted by Gasteiger charge is -2.26. The SMILES string of the molecule is CCOc1ccc(/C(O)=C2/C(=O)C(=O)N(c3cc(C)ccc3O)C2c2ccccc2)cc1C(C)(C)C. The summed E-state index contributed by atoms with van der Waals surface area (Å²) in [5.74, 6) is -1.32. The Kier molecular flexibility index (Phi) is 6.63. The number of phenols is 1. The normalized spacial score (nSPS) is 17.5. The molecule has 1 unspecified atom stereocenters. The molecule has 1 saturated heterocycles. The topological polar surface area (TPSA) is 87.1 Å². The van der Waals surface area contributed by atoms with Crippen molar-refractivity contribution in [3.05, 3.63) is 94.6 Å². The van der Waals surface area contributed by atoms with Crippen LogP contribution in [0.5, 0.6) is 11.5 Å². The number of Topliss-reactive ketones (excluding diaryl/α,β-unsaturated/α-hetero) is 1. The molecule has 1 aliphatic rings. The number of ketones is 1. The van der Waals surface area contributed by atoms with E-state index in [2.05, 4.69) is 0 Å². The first-order valence-electron chi connectivity index (χ1n) is 12.0. The van der Waals surface area contributed by atoms with Gasteiger partial charge >= 0.3 is 0 Å². The van der Waals surface area contributed by atoms with Crippen LogP contribution in [0.2, 0.25) is 0 Å². The maximum absolute atomic E-state index is 13.4. The van der Waals surface area contributed by atoms with E-state index < -0.39 is 17.7 Å². The van der Waals surface area contributed by atoms with Gasteiger partial charge in [-0.25, -0.2) is 0 Å². The highest BCUT2D eigenvalue weighted by Crippen LogP contribution is 2.45. The first kappa shape index (κ1) is 25.0. The van der Waals surface area contributed by atoms with Gasteiger partial charge in [-0.2, -0.15) is 0 Å². The maximum Gasteiger partial charge on any atom is 0.300 e. The Bertz CT molecular complexity index is 1350. The number of aromatic hydroxyl groups is 1. The zero-order valence-corrected chi connectivity index (χ0v) is 21.2. The quantitative estimate of drug-likeness (QED) is 0.262. The Labute approximate surface area is 211 Å². The zero-order valence-electron chi connectivity index (χ0n) is 21.2. The third kappa shape index (κ3) is 4.47. The highest BCUT2D eigenvalue weighted by Gasteiger charge is 2.47. The van der Waals surface area contributed by atoms with Gasteiger partial charge in [-0.05, 0) is 60.7 Å². The average molecular weight is 486 g/mol. The molecule has 1 fully saturated rings. The van der Waals surface area contributed by atoms with Crippen LogP contribution in [0.1, 0.15) is 56.0 Å². The Balaban J connectivity index is 1.96. The first-order chi connectivity index (χ1) is 17.0. The van der Waals surface area contributed by atoms with Crippen molar-refractivity contribution in [3.63, 3.8) is 0 Å². The van der Waals surface area contributed by atoms with Crippen molar-refractivity contribution >= 4 is 23.1 Å². The molecule has 0 aliphatic carbocycles. The van der Waals surface area contributed by atoms with Crippen LogP contribution < -0.4 is 9.64 Å². The van der Waals surface area contributed by atoms with Gasteiger partial charge in [0.05, 0.1) is 23.9 Å². The molecule has 0 saturated carbocycles. The summed E-state index contributed by atoms with van der Waals surface area (Å²) in [5, 5.41) is 22.1. The van der Waals surface area contributed by atoms with Crippen LogP contribution in [0.15, 0.2) is 72.3 Å². The van der Waals surface area contributed by atoms with Crippen LogP contribution in [0.4, 0.5) is 5.69 Å². The number of anilines is 1. The van der Waals surface area contributed by atoms with Gasteiger partial charge in [0.2, 0.25) is 0 Å². The van der Waals surface area contributed by atoms with Gasteiger partial charge in [0.15, 0.2) is 0 Å². The van der Waals surface area contributed by atoms with Crippen molar-refractivity contribution in [2.75, 3.05) is 11.5 Å². The zero-order chi connectivity index (χ0) is 26.2. The highest BCUT2D eigenvalue weighted by molar-refractivity contribution is 6.52. The lowest BCUT2D eigenvalue weighted by atomic mass is 9.84. The summed E-state index contributed by atoms with van der Waals surface area (Å²) in [6.07, 6.45) is 0. The number of aliphatic hydroxyl groups is 1. The van der Waals surface area contributed by atoms with E-state index in [-0.39, 0.29) is 28.2 Å². The number of hydrogen-bond donors (Lipinski definition) is 2. The first-order valence-corrected chi connectivity index (χ1v) is 12.0. The number of hydrogen-bond acceptors (Lipinski definition) is 5. The predicted octanol–water partition coefficient (Wildman–Crippen LogP) is 6.02. The van der Waals surface area contributed by atoms with E-state index in [1.165, 1.54) is 11.0 Å². The van der Waals surface area contributed by atoms with E-state index in [1.54, 1.807) is 54.6 Å². The lowest BCUT2D eigenvalue weighted by Crippen LogP contribution is -2.29. The van der Waals surface area contributed by atoms with Gasteiger partial charge < -0.3 is 14.9 Å². The third-order valence-corrected chi connectivity index (χ3v) is 6.31. The molecule has 6 nitrogen and oxygen atoms in total. The van der Waals surface area contributed by atoms with Gasteiger partial charge in [0, 0.05) is 11.1 Å². The van der Waals surface area contributed by atoms with Crippen molar-refractivity contribution < 1.29 is 24.5 Å². The largest absolute Gasteiger partial charge is 0.507 e. The van der Waals surface area contributed by atoms with E-state index >= 15 is 0 Å². The van der Waals surface area contributed by atoms with E-state index in [1.807, 2.05) is 40.7 Å². The number of amides is 1. The minimum absolute atomic E-state index is 0.0314. The van der Waals surface area contributed by atoms with Gasteiger partial charge in [-0.3, -0.25) is 14.5 Å². The minimum atomic E-state index is -0.913. The number of ether oxygens (including phenoxy) is 1. The molecule has 36 heavy (non-hydrogen) atoms. The van der Waals surface area contributed by atoms with E-state index in [0.29, 0.717) is 23.5 Å². The Morgan fingerprint density at radius 3 is 2.33 bits per heavy atom. The Morgan fingerprint density at radius 2 is 1.69 bits per heavy atom. The molecule has 186 valence electrons. The fourth-order valence-electron chi connectivity index (χ4n) is 4.56. The van der Waals surface area contributed by atoms with E-state index in [4.69, 9.17) is 4.74 Å². The number of nitrogens with zero attached hydrogens (tertiary/aromatic N) is 1. The molecule has 2 N–H and O–H groups in total. The highest BCUT2D eigenvalue weighted by atomic mass is 16.5. The molecule has 1 atom stereocenters. The van der Waals surface area contributed by atoms with E-state index in [9.17, 15) is 19.8 Å². The molecule has 0 spiro atoms. The van der Waals surface area contributed by atoms with E-state index in [0.717, 1.165) is 11.1 Å². The van der Waals surface area contributed by atoms with Crippen LogP contribution in [-0.2, 0) is 15.0 Å². The van der Waals surface area contributed by atoms with Crippen LogP contribution in [-0.4, -0.2) is 28.5 Å². The van der Waals surface area contributed by atoms with Crippen molar-refractivity contribution in [3.8, 4) is 11.5 Å². The molecule has 3 aromatic rings. The summed E-state index contributed by atoms with van der Waals surface area (Å²) in [6, 6.07) is 18.3. The second-order valence-electron chi connectivity index (χ2n) is 9.97.